The largest absolute Gasteiger partial charge is 0.495 e. The quantitative estimate of drug-likeness (QED) is 0.315. The minimum absolute atomic E-state index is 0.0833. The number of aromatic nitrogens is 2. The Labute approximate surface area is 187 Å². The summed E-state index contributed by atoms with van der Waals surface area (Å²) in [5, 5.41) is 5.80. The highest BCUT2D eigenvalue weighted by Crippen LogP contribution is 2.36. The third-order valence-corrected chi connectivity index (χ3v) is 6.28. The number of hydrogen-bond acceptors (Lipinski definition) is 6. The number of benzene rings is 3. The molecule has 5 aromatic rings. The summed E-state index contributed by atoms with van der Waals surface area (Å²) >= 11 is 1.20. The van der Waals surface area contributed by atoms with E-state index in [9.17, 15) is 9.59 Å². The van der Waals surface area contributed by atoms with E-state index in [0.29, 0.717) is 33.1 Å². The molecule has 160 valence electrons. The fraction of sp³-hybridized carbons (Fsp3) is 0.125. The lowest BCUT2D eigenvalue weighted by molar-refractivity contribution is -0.113. The standard InChI is InChI=1S/C24H19N3O4S/c1-27-23(29)15-8-3-5-9-17(15)26-24(27)32-13-22(28)25-18-12-20-16(11-21(18)30-2)14-7-4-6-10-19(14)31-20/h3-12H,13H2,1-2H3,(H,25,28). The third-order valence-electron chi connectivity index (χ3n) is 5.25. The highest BCUT2D eigenvalue weighted by molar-refractivity contribution is 7.99. The molecule has 0 spiro atoms. The maximum atomic E-state index is 12.7. The van der Waals surface area contributed by atoms with Crippen molar-refractivity contribution in [2.45, 2.75) is 5.16 Å². The number of anilines is 1. The summed E-state index contributed by atoms with van der Waals surface area (Å²) in [4.78, 5) is 29.8. The fourth-order valence-corrected chi connectivity index (χ4v) is 4.43. The molecule has 2 heterocycles. The van der Waals surface area contributed by atoms with Gasteiger partial charge in [-0.2, -0.15) is 0 Å². The van der Waals surface area contributed by atoms with Crippen LogP contribution in [0.1, 0.15) is 0 Å². The summed E-state index contributed by atoms with van der Waals surface area (Å²) in [6, 6.07) is 18.5. The van der Waals surface area contributed by atoms with E-state index >= 15 is 0 Å². The second-order valence-electron chi connectivity index (χ2n) is 7.26. The van der Waals surface area contributed by atoms with Crippen molar-refractivity contribution in [1.29, 1.82) is 0 Å². The molecular formula is C24H19N3O4S. The number of ether oxygens (including phenoxy) is 1. The second-order valence-corrected chi connectivity index (χ2v) is 8.20. The maximum absolute atomic E-state index is 12.7. The Morgan fingerprint density at radius 1 is 1.06 bits per heavy atom. The minimum Gasteiger partial charge on any atom is -0.495 e. The zero-order chi connectivity index (χ0) is 22.2. The van der Waals surface area contributed by atoms with Gasteiger partial charge in [-0.15, -0.1) is 0 Å². The van der Waals surface area contributed by atoms with E-state index in [1.165, 1.54) is 16.3 Å². The molecule has 0 atom stereocenters. The highest BCUT2D eigenvalue weighted by Gasteiger charge is 2.15. The van der Waals surface area contributed by atoms with Crippen molar-refractivity contribution in [1.82, 2.24) is 9.55 Å². The molecule has 0 aliphatic rings. The molecule has 1 amide bonds. The van der Waals surface area contributed by atoms with Gasteiger partial charge in [0.25, 0.3) is 5.56 Å². The van der Waals surface area contributed by atoms with Gasteiger partial charge >= 0.3 is 0 Å². The monoisotopic (exact) mass is 445 g/mol. The molecule has 32 heavy (non-hydrogen) atoms. The number of methoxy groups -OCH3 is 1. The van der Waals surface area contributed by atoms with Crippen molar-refractivity contribution < 1.29 is 13.9 Å². The van der Waals surface area contributed by atoms with E-state index in [0.717, 1.165) is 16.4 Å². The van der Waals surface area contributed by atoms with Crippen molar-refractivity contribution in [3.63, 3.8) is 0 Å². The molecule has 0 fully saturated rings. The molecule has 0 unspecified atom stereocenters. The van der Waals surface area contributed by atoms with Crippen LogP contribution in [0.15, 0.2) is 75.0 Å². The lowest BCUT2D eigenvalue weighted by Gasteiger charge is -2.11. The molecule has 0 saturated carbocycles. The van der Waals surface area contributed by atoms with Crippen LogP contribution in [0.3, 0.4) is 0 Å². The molecule has 5 rings (SSSR count). The smallest absolute Gasteiger partial charge is 0.261 e. The molecule has 7 nitrogen and oxygen atoms in total. The van der Waals surface area contributed by atoms with E-state index < -0.39 is 0 Å². The van der Waals surface area contributed by atoms with Crippen molar-refractivity contribution in [3.8, 4) is 5.75 Å². The van der Waals surface area contributed by atoms with E-state index in [2.05, 4.69) is 10.3 Å². The molecule has 8 heteroatoms. The Balaban J connectivity index is 1.39. The zero-order valence-electron chi connectivity index (χ0n) is 17.4. The lowest BCUT2D eigenvalue weighted by atomic mass is 10.1. The van der Waals surface area contributed by atoms with Crippen LogP contribution in [-0.4, -0.2) is 28.3 Å². The Bertz CT molecular complexity index is 1550. The van der Waals surface area contributed by atoms with Crippen LogP contribution in [0.4, 0.5) is 5.69 Å². The van der Waals surface area contributed by atoms with Crippen LogP contribution >= 0.6 is 11.8 Å². The molecule has 0 aliphatic heterocycles. The van der Waals surface area contributed by atoms with Gasteiger partial charge in [-0.1, -0.05) is 42.1 Å². The number of nitrogens with zero attached hydrogens (tertiary/aromatic N) is 2. The summed E-state index contributed by atoms with van der Waals surface area (Å²) in [5.41, 5.74) is 2.41. The SMILES string of the molecule is COc1cc2c(cc1NC(=O)CSc1nc3ccccc3c(=O)n1C)oc1ccccc12. The normalized spacial score (nSPS) is 11.3. The van der Waals surface area contributed by atoms with Gasteiger partial charge < -0.3 is 14.5 Å². The van der Waals surface area contributed by atoms with Gasteiger partial charge in [-0.3, -0.25) is 14.2 Å². The number of nitrogens with one attached hydrogen (secondary N) is 1. The summed E-state index contributed by atoms with van der Waals surface area (Å²) < 4.78 is 12.9. The first-order valence-electron chi connectivity index (χ1n) is 9.93. The molecule has 0 bridgehead atoms. The van der Waals surface area contributed by atoms with Crippen LogP contribution < -0.4 is 15.6 Å². The van der Waals surface area contributed by atoms with Gasteiger partial charge in [0.05, 0.1) is 29.5 Å². The van der Waals surface area contributed by atoms with Crippen LogP contribution in [-0.2, 0) is 11.8 Å². The lowest BCUT2D eigenvalue weighted by Crippen LogP contribution is -2.21. The number of rotatable bonds is 5. The Morgan fingerprint density at radius 3 is 2.62 bits per heavy atom. The average Bonchev–Trinajstić information content (AvgIpc) is 3.17. The predicted octanol–water partition coefficient (Wildman–Crippen LogP) is 4.57. The van der Waals surface area contributed by atoms with Crippen LogP contribution in [0, 0.1) is 0 Å². The van der Waals surface area contributed by atoms with Gasteiger partial charge in [-0.25, -0.2) is 4.98 Å². The van der Waals surface area contributed by atoms with E-state index in [1.807, 2.05) is 36.4 Å². The van der Waals surface area contributed by atoms with Crippen molar-refractivity contribution in [2.75, 3.05) is 18.2 Å². The number of furan rings is 1. The molecule has 0 saturated heterocycles. The van der Waals surface area contributed by atoms with Crippen molar-refractivity contribution >= 4 is 56.2 Å². The van der Waals surface area contributed by atoms with Crippen LogP contribution in [0.5, 0.6) is 5.75 Å². The molecule has 3 aromatic carbocycles. The Morgan fingerprint density at radius 2 is 1.81 bits per heavy atom. The Kier molecular flexibility index (Phi) is 5.07. The predicted molar refractivity (Wildman–Crippen MR) is 127 cm³/mol. The first-order valence-corrected chi connectivity index (χ1v) is 10.9. The fourth-order valence-electron chi connectivity index (χ4n) is 3.66. The highest BCUT2D eigenvalue weighted by atomic mass is 32.2. The van der Waals surface area contributed by atoms with Crippen LogP contribution in [0.2, 0.25) is 0 Å². The minimum atomic E-state index is -0.244. The summed E-state index contributed by atoms with van der Waals surface area (Å²) in [6.07, 6.45) is 0. The van der Waals surface area contributed by atoms with Crippen molar-refractivity contribution in [3.05, 3.63) is 71.0 Å². The second kappa shape index (κ2) is 8.05. The summed E-state index contributed by atoms with van der Waals surface area (Å²) in [6.45, 7) is 0. The number of thioether (sulfide) groups is 1. The summed E-state index contributed by atoms with van der Waals surface area (Å²) in [7, 11) is 3.21. The molecule has 0 aliphatic carbocycles. The first kappa shape index (κ1) is 20.1. The van der Waals surface area contributed by atoms with Gasteiger partial charge in [0, 0.05) is 23.9 Å². The Hall–Kier alpha value is -3.78. The molecule has 2 aromatic heterocycles. The van der Waals surface area contributed by atoms with E-state index in [-0.39, 0.29) is 17.2 Å². The zero-order valence-corrected chi connectivity index (χ0v) is 18.2. The van der Waals surface area contributed by atoms with Gasteiger partial charge in [0.2, 0.25) is 5.91 Å². The average molecular weight is 446 g/mol. The number of carbonyl (C=O) groups is 1. The van der Waals surface area contributed by atoms with E-state index in [4.69, 9.17) is 9.15 Å². The number of fused-ring (bicyclic) bond motifs is 4. The number of amides is 1. The number of carbonyl (C=O) groups excluding carboxylic acids is 1. The maximum Gasteiger partial charge on any atom is 0.261 e. The van der Waals surface area contributed by atoms with Gasteiger partial charge in [0.1, 0.15) is 16.9 Å². The third kappa shape index (κ3) is 3.48. The first-order chi connectivity index (χ1) is 15.5. The molecule has 0 radical (unpaired) electrons. The number of para-hydroxylation sites is 2. The van der Waals surface area contributed by atoms with Crippen LogP contribution in [0.25, 0.3) is 32.8 Å². The molecule has 1 N–H and O–H groups in total. The van der Waals surface area contributed by atoms with Gasteiger partial charge in [-0.05, 0) is 24.3 Å². The molecular weight excluding hydrogens is 426 g/mol. The van der Waals surface area contributed by atoms with Gasteiger partial charge in [0.15, 0.2) is 5.16 Å². The van der Waals surface area contributed by atoms with Crippen molar-refractivity contribution in [2.24, 2.45) is 7.05 Å². The summed E-state index contributed by atoms with van der Waals surface area (Å²) in [5.74, 6) is 0.379. The number of hydrogen-bond donors (Lipinski definition) is 1. The topological polar surface area (TPSA) is 86.4 Å². The van der Waals surface area contributed by atoms with E-state index in [1.54, 1.807) is 38.4 Å².